The minimum Gasteiger partial charge on any atom is -0.340 e. The monoisotopic (exact) mass is 262 g/mol. The molecule has 106 valence electrons. The molecule has 1 aliphatic rings. The molecular weight excluding hydrogens is 236 g/mol. The van der Waals surface area contributed by atoms with Crippen molar-refractivity contribution in [3.05, 3.63) is 18.0 Å². The summed E-state index contributed by atoms with van der Waals surface area (Å²) < 4.78 is 0. The van der Waals surface area contributed by atoms with E-state index in [0.29, 0.717) is 5.41 Å². The molecule has 4 nitrogen and oxygen atoms in total. The average Bonchev–Trinajstić information content (AvgIpc) is 2.84. The van der Waals surface area contributed by atoms with Crippen molar-refractivity contribution >= 4 is 5.95 Å². The Balaban J connectivity index is 2.03. The van der Waals surface area contributed by atoms with E-state index in [9.17, 15) is 0 Å². The van der Waals surface area contributed by atoms with E-state index in [0.717, 1.165) is 31.0 Å². The fourth-order valence-corrected chi connectivity index (χ4v) is 2.92. The van der Waals surface area contributed by atoms with Crippen LogP contribution < -0.4 is 10.6 Å². The number of hydrogen-bond donors (Lipinski definition) is 1. The van der Waals surface area contributed by atoms with Crippen LogP contribution in [0.3, 0.4) is 0 Å². The molecule has 2 rings (SSSR count). The number of nitrogens with zero attached hydrogens (tertiary/aromatic N) is 3. The summed E-state index contributed by atoms with van der Waals surface area (Å²) in [6, 6.07) is 0.161. The lowest BCUT2D eigenvalue weighted by Crippen LogP contribution is -2.27. The normalized spacial score (nSPS) is 19.7. The van der Waals surface area contributed by atoms with Gasteiger partial charge in [0.2, 0.25) is 5.95 Å². The molecule has 1 aromatic heterocycles. The predicted molar refractivity (Wildman–Crippen MR) is 79.2 cm³/mol. The summed E-state index contributed by atoms with van der Waals surface area (Å²) in [5.41, 5.74) is 7.38. The van der Waals surface area contributed by atoms with Crippen LogP contribution in [0.25, 0.3) is 0 Å². The van der Waals surface area contributed by atoms with Gasteiger partial charge in [0, 0.05) is 31.5 Å². The largest absolute Gasteiger partial charge is 0.340 e. The van der Waals surface area contributed by atoms with Crippen molar-refractivity contribution < 1.29 is 0 Å². The fourth-order valence-electron chi connectivity index (χ4n) is 2.92. The van der Waals surface area contributed by atoms with E-state index in [1.807, 2.05) is 19.3 Å². The van der Waals surface area contributed by atoms with Gasteiger partial charge < -0.3 is 10.6 Å². The second kappa shape index (κ2) is 5.87. The molecule has 0 spiro atoms. The lowest BCUT2D eigenvalue weighted by molar-refractivity contribution is 0.301. The molecule has 1 aliphatic heterocycles. The molecule has 1 saturated heterocycles. The van der Waals surface area contributed by atoms with Crippen molar-refractivity contribution in [3.8, 4) is 0 Å². The minimum atomic E-state index is 0.161. The third kappa shape index (κ3) is 3.24. The van der Waals surface area contributed by atoms with Gasteiger partial charge in [-0.05, 0) is 43.6 Å². The highest BCUT2D eigenvalue weighted by Crippen LogP contribution is 2.37. The zero-order valence-corrected chi connectivity index (χ0v) is 12.4. The molecule has 0 amide bonds. The summed E-state index contributed by atoms with van der Waals surface area (Å²) in [4.78, 5) is 11.3. The molecular formula is C15H26N4. The molecule has 1 fully saturated rings. The first-order valence-corrected chi connectivity index (χ1v) is 7.40. The van der Waals surface area contributed by atoms with E-state index >= 15 is 0 Å². The molecule has 4 heteroatoms. The molecule has 2 N–H and O–H groups in total. The van der Waals surface area contributed by atoms with Crippen LogP contribution >= 0.6 is 0 Å². The molecule has 0 bridgehead atoms. The van der Waals surface area contributed by atoms with Gasteiger partial charge >= 0.3 is 0 Å². The lowest BCUT2D eigenvalue weighted by Gasteiger charge is -2.26. The van der Waals surface area contributed by atoms with Gasteiger partial charge in [0.1, 0.15) is 0 Å². The van der Waals surface area contributed by atoms with E-state index in [4.69, 9.17) is 5.73 Å². The third-order valence-electron chi connectivity index (χ3n) is 4.47. The van der Waals surface area contributed by atoms with Crippen LogP contribution in [0.2, 0.25) is 0 Å². The molecule has 0 aromatic carbocycles. The van der Waals surface area contributed by atoms with E-state index in [1.54, 1.807) is 0 Å². The summed E-state index contributed by atoms with van der Waals surface area (Å²) in [7, 11) is 0. The van der Waals surface area contributed by atoms with E-state index in [1.165, 1.54) is 19.3 Å². The number of rotatable bonds is 5. The Morgan fingerprint density at radius 3 is 2.42 bits per heavy atom. The SMILES string of the molecule is CCC1(CC)CCN(c2ncc(CC(C)N)cn2)C1. The minimum absolute atomic E-state index is 0.161. The Hall–Kier alpha value is -1.16. The molecule has 19 heavy (non-hydrogen) atoms. The first kappa shape index (κ1) is 14.3. The highest BCUT2D eigenvalue weighted by Gasteiger charge is 2.35. The maximum absolute atomic E-state index is 5.79. The summed E-state index contributed by atoms with van der Waals surface area (Å²) in [6.07, 6.45) is 8.41. The van der Waals surface area contributed by atoms with Gasteiger partial charge in [-0.2, -0.15) is 0 Å². The van der Waals surface area contributed by atoms with Crippen LogP contribution in [0, 0.1) is 5.41 Å². The second-order valence-electron chi connectivity index (χ2n) is 5.95. The number of hydrogen-bond acceptors (Lipinski definition) is 4. The van der Waals surface area contributed by atoms with Gasteiger partial charge in [-0.25, -0.2) is 9.97 Å². The van der Waals surface area contributed by atoms with Crippen molar-refractivity contribution in [2.24, 2.45) is 11.1 Å². The van der Waals surface area contributed by atoms with Crippen molar-refractivity contribution in [3.63, 3.8) is 0 Å². The quantitative estimate of drug-likeness (QED) is 0.885. The highest BCUT2D eigenvalue weighted by molar-refractivity contribution is 5.33. The fraction of sp³-hybridized carbons (Fsp3) is 0.733. The summed E-state index contributed by atoms with van der Waals surface area (Å²) in [6.45, 7) is 8.76. The first-order valence-electron chi connectivity index (χ1n) is 7.40. The lowest BCUT2D eigenvalue weighted by atomic mass is 9.82. The van der Waals surface area contributed by atoms with Gasteiger partial charge in [-0.15, -0.1) is 0 Å². The van der Waals surface area contributed by atoms with Crippen LogP contribution in [0.4, 0.5) is 5.95 Å². The van der Waals surface area contributed by atoms with E-state index in [-0.39, 0.29) is 6.04 Å². The predicted octanol–water partition coefficient (Wildman–Crippen LogP) is 2.38. The Bertz CT molecular complexity index is 395. The van der Waals surface area contributed by atoms with Gasteiger partial charge in [0.15, 0.2) is 0 Å². The van der Waals surface area contributed by atoms with Crippen molar-refractivity contribution in [1.82, 2.24) is 9.97 Å². The number of aromatic nitrogens is 2. The Morgan fingerprint density at radius 2 is 1.95 bits per heavy atom. The van der Waals surface area contributed by atoms with Gasteiger partial charge in [0.05, 0.1) is 0 Å². The topological polar surface area (TPSA) is 55.0 Å². The van der Waals surface area contributed by atoms with Gasteiger partial charge in [-0.3, -0.25) is 0 Å². The zero-order chi connectivity index (χ0) is 13.9. The molecule has 0 saturated carbocycles. The number of anilines is 1. The average molecular weight is 262 g/mol. The summed E-state index contributed by atoms with van der Waals surface area (Å²) >= 11 is 0. The van der Waals surface area contributed by atoms with Crippen LogP contribution in [-0.2, 0) is 6.42 Å². The molecule has 1 aromatic rings. The van der Waals surface area contributed by atoms with Crippen LogP contribution in [0.5, 0.6) is 0 Å². The van der Waals surface area contributed by atoms with Crippen LogP contribution in [0.15, 0.2) is 12.4 Å². The van der Waals surface area contributed by atoms with Crippen molar-refractivity contribution in [2.45, 2.75) is 52.5 Å². The third-order valence-corrected chi connectivity index (χ3v) is 4.47. The van der Waals surface area contributed by atoms with E-state index < -0.39 is 0 Å². The highest BCUT2D eigenvalue weighted by atomic mass is 15.3. The Kier molecular flexibility index (Phi) is 4.40. The summed E-state index contributed by atoms with van der Waals surface area (Å²) in [5, 5.41) is 0. The Morgan fingerprint density at radius 1 is 1.32 bits per heavy atom. The maximum Gasteiger partial charge on any atom is 0.225 e. The molecule has 1 unspecified atom stereocenters. The smallest absolute Gasteiger partial charge is 0.225 e. The molecule has 0 radical (unpaired) electrons. The van der Waals surface area contributed by atoms with Crippen LogP contribution in [-0.4, -0.2) is 29.1 Å². The Labute approximate surface area is 116 Å². The first-order chi connectivity index (χ1) is 9.08. The van der Waals surface area contributed by atoms with Gasteiger partial charge in [0.25, 0.3) is 0 Å². The zero-order valence-electron chi connectivity index (χ0n) is 12.4. The summed E-state index contributed by atoms with van der Waals surface area (Å²) in [5.74, 6) is 0.872. The molecule has 1 atom stereocenters. The molecule has 2 heterocycles. The van der Waals surface area contributed by atoms with Crippen molar-refractivity contribution in [1.29, 1.82) is 0 Å². The number of nitrogens with two attached hydrogens (primary N) is 1. The van der Waals surface area contributed by atoms with Crippen molar-refractivity contribution in [2.75, 3.05) is 18.0 Å². The second-order valence-corrected chi connectivity index (χ2v) is 5.95. The van der Waals surface area contributed by atoms with Gasteiger partial charge in [-0.1, -0.05) is 13.8 Å². The van der Waals surface area contributed by atoms with Crippen LogP contribution in [0.1, 0.15) is 45.6 Å². The maximum atomic E-state index is 5.79. The standard InChI is InChI=1S/C15H26N4/c1-4-15(5-2)6-7-19(11-15)14-17-9-13(10-18-14)8-12(3)16/h9-10,12H,4-8,11,16H2,1-3H3. The van der Waals surface area contributed by atoms with E-state index in [2.05, 4.69) is 28.7 Å². The molecule has 0 aliphatic carbocycles.